The van der Waals surface area contributed by atoms with Gasteiger partial charge in [-0.1, -0.05) is 71.6 Å². The van der Waals surface area contributed by atoms with E-state index in [0.29, 0.717) is 0 Å². The molecule has 0 radical (unpaired) electrons. The molecule has 1 heteroatoms. The Morgan fingerprint density at radius 3 is 2.11 bits per heavy atom. The molecule has 1 saturated heterocycles. The second-order valence-electron chi connectivity index (χ2n) is 6.55. The summed E-state index contributed by atoms with van der Waals surface area (Å²) in [5.74, 6) is 0.993. The van der Waals surface area contributed by atoms with E-state index in [2.05, 4.69) is 18.7 Å². The van der Waals surface area contributed by atoms with Gasteiger partial charge < -0.3 is 4.90 Å². The molecule has 0 N–H and O–H groups in total. The van der Waals surface area contributed by atoms with E-state index >= 15 is 0 Å². The fraction of sp³-hybridized carbons (Fsp3) is 1.00. The molecule has 1 nitrogen and oxygen atoms in total. The third-order valence-corrected chi connectivity index (χ3v) is 4.76. The van der Waals surface area contributed by atoms with Crippen molar-refractivity contribution in [2.75, 3.05) is 19.6 Å². The first-order valence-electron chi connectivity index (χ1n) is 9.09. The summed E-state index contributed by atoms with van der Waals surface area (Å²) in [5, 5.41) is 0. The molecule has 1 aliphatic heterocycles. The zero-order valence-electron chi connectivity index (χ0n) is 13.6. The molecule has 0 spiro atoms. The highest BCUT2D eigenvalue weighted by Crippen LogP contribution is 2.19. The molecule has 1 atom stereocenters. The smallest absolute Gasteiger partial charge is 0.000956 e. The summed E-state index contributed by atoms with van der Waals surface area (Å²) in [7, 11) is 0. The van der Waals surface area contributed by atoms with E-state index in [9.17, 15) is 0 Å². The Hall–Kier alpha value is -0.0400. The number of likely N-dealkylation sites (tertiary alicyclic amines) is 1. The molecule has 0 aromatic rings. The van der Waals surface area contributed by atoms with Gasteiger partial charge in [-0.25, -0.2) is 0 Å². The first-order chi connectivity index (χ1) is 9.36. The summed E-state index contributed by atoms with van der Waals surface area (Å²) in [6.45, 7) is 8.77. The molecular weight excluding hydrogens is 230 g/mol. The molecule has 0 bridgehead atoms. The van der Waals surface area contributed by atoms with E-state index in [1.807, 2.05) is 0 Å². The number of rotatable bonds is 11. The maximum Gasteiger partial charge on any atom is 0.000956 e. The second-order valence-corrected chi connectivity index (χ2v) is 6.55. The van der Waals surface area contributed by atoms with Crippen LogP contribution in [0.1, 0.15) is 90.9 Å². The summed E-state index contributed by atoms with van der Waals surface area (Å²) in [6, 6.07) is 0. The molecule has 0 saturated carbocycles. The van der Waals surface area contributed by atoms with Gasteiger partial charge in [0.05, 0.1) is 0 Å². The lowest BCUT2D eigenvalue weighted by atomic mass is 9.95. The van der Waals surface area contributed by atoms with E-state index in [-0.39, 0.29) is 0 Å². The molecule has 0 aromatic heterocycles. The minimum absolute atomic E-state index is 0.993. The molecule has 0 amide bonds. The molecule has 1 aliphatic rings. The summed E-state index contributed by atoms with van der Waals surface area (Å²) in [5.41, 5.74) is 0. The topological polar surface area (TPSA) is 3.24 Å². The average molecular weight is 268 g/mol. The largest absolute Gasteiger partial charge is 0.303 e. The van der Waals surface area contributed by atoms with Crippen LogP contribution < -0.4 is 0 Å². The van der Waals surface area contributed by atoms with Crippen molar-refractivity contribution in [1.29, 1.82) is 0 Å². The van der Waals surface area contributed by atoms with E-state index in [1.165, 1.54) is 96.7 Å². The second kappa shape index (κ2) is 11.8. The quantitative estimate of drug-likeness (QED) is 0.438. The predicted molar refractivity (Wildman–Crippen MR) is 86.7 cm³/mol. The molecule has 0 aromatic carbocycles. The monoisotopic (exact) mass is 267 g/mol. The van der Waals surface area contributed by atoms with Gasteiger partial charge in [-0.2, -0.15) is 0 Å². The van der Waals surface area contributed by atoms with Gasteiger partial charge >= 0.3 is 0 Å². The van der Waals surface area contributed by atoms with Gasteiger partial charge in [0, 0.05) is 6.54 Å². The Bertz CT molecular complexity index is 190. The van der Waals surface area contributed by atoms with Crippen LogP contribution in [0.25, 0.3) is 0 Å². The third-order valence-electron chi connectivity index (χ3n) is 4.76. The van der Waals surface area contributed by atoms with E-state index < -0.39 is 0 Å². The van der Waals surface area contributed by atoms with Crippen LogP contribution in [-0.4, -0.2) is 24.5 Å². The lowest BCUT2D eigenvalue weighted by molar-refractivity contribution is 0.169. The standard InChI is InChI=1S/C18H37N/c1-3-5-6-7-8-9-10-11-12-15-19-16-13-14-18(4-2)17-19/h18H,3-17H2,1-2H3. The van der Waals surface area contributed by atoms with Gasteiger partial charge in [0.2, 0.25) is 0 Å². The highest BCUT2D eigenvalue weighted by molar-refractivity contribution is 4.71. The predicted octanol–water partition coefficient (Wildman–Crippen LogP) is 5.64. The Labute approximate surface area is 122 Å². The van der Waals surface area contributed by atoms with Crippen molar-refractivity contribution in [2.24, 2.45) is 5.92 Å². The summed E-state index contributed by atoms with van der Waals surface area (Å²) >= 11 is 0. The Morgan fingerprint density at radius 1 is 0.842 bits per heavy atom. The van der Waals surface area contributed by atoms with Gasteiger partial charge in [-0.15, -0.1) is 0 Å². The lowest BCUT2D eigenvalue weighted by Crippen LogP contribution is -2.35. The van der Waals surface area contributed by atoms with Gasteiger partial charge in [0.25, 0.3) is 0 Å². The van der Waals surface area contributed by atoms with Crippen molar-refractivity contribution in [2.45, 2.75) is 90.9 Å². The highest BCUT2D eigenvalue weighted by atomic mass is 15.1. The van der Waals surface area contributed by atoms with Crippen LogP contribution in [0.3, 0.4) is 0 Å². The van der Waals surface area contributed by atoms with Gasteiger partial charge in [-0.05, 0) is 38.3 Å². The van der Waals surface area contributed by atoms with Crippen LogP contribution in [0.2, 0.25) is 0 Å². The van der Waals surface area contributed by atoms with Crippen LogP contribution in [0.15, 0.2) is 0 Å². The number of hydrogen-bond acceptors (Lipinski definition) is 1. The first-order valence-corrected chi connectivity index (χ1v) is 9.09. The van der Waals surface area contributed by atoms with Gasteiger partial charge in [0.15, 0.2) is 0 Å². The Kier molecular flexibility index (Phi) is 10.5. The zero-order chi connectivity index (χ0) is 13.8. The molecule has 1 rings (SSSR count). The van der Waals surface area contributed by atoms with Gasteiger partial charge in [0.1, 0.15) is 0 Å². The fourth-order valence-corrected chi connectivity index (χ4v) is 3.33. The van der Waals surface area contributed by atoms with Gasteiger partial charge in [-0.3, -0.25) is 0 Å². The Balaban J connectivity index is 1.85. The summed E-state index contributed by atoms with van der Waals surface area (Å²) in [6.07, 6.45) is 17.4. The van der Waals surface area contributed by atoms with E-state index in [4.69, 9.17) is 0 Å². The Morgan fingerprint density at radius 2 is 1.47 bits per heavy atom. The van der Waals surface area contributed by atoms with E-state index in [0.717, 1.165) is 5.92 Å². The molecule has 114 valence electrons. The molecule has 0 aliphatic carbocycles. The van der Waals surface area contributed by atoms with Crippen molar-refractivity contribution in [3.63, 3.8) is 0 Å². The average Bonchev–Trinajstić information content (AvgIpc) is 2.46. The SMILES string of the molecule is CCCCCCCCCCCN1CCCC(CC)C1. The third kappa shape index (κ3) is 8.68. The maximum absolute atomic E-state index is 2.72. The molecule has 1 heterocycles. The van der Waals surface area contributed by atoms with Crippen molar-refractivity contribution < 1.29 is 0 Å². The van der Waals surface area contributed by atoms with Crippen molar-refractivity contribution in [3.05, 3.63) is 0 Å². The number of hydrogen-bond donors (Lipinski definition) is 0. The van der Waals surface area contributed by atoms with Crippen molar-refractivity contribution in [1.82, 2.24) is 4.90 Å². The van der Waals surface area contributed by atoms with Crippen LogP contribution in [0, 0.1) is 5.92 Å². The highest BCUT2D eigenvalue weighted by Gasteiger charge is 2.17. The minimum Gasteiger partial charge on any atom is -0.303 e. The number of nitrogens with zero attached hydrogens (tertiary/aromatic N) is 1. The van der Waals surface area contributed by atoms with Crippen molar-refractivity contribution in [3.8, 4) is 0 Å². The van der Waals surface area contributed by atoms with Crippen molar-refractivity contribution >= 4 is 0 Å². The minimum atomic E-state index is 0.993. The molecule has 1 fully saturated rings. The molecule has 1 unspecified atom stereocenters. The summed E-state index contributed by atoms with van der Waals surface area (Å²) < 4.78 is 0. The van der Waals surface area contributed by atoms with Crippen LogP contribution in [0.4, 0.5) is 0 Å². The molecular formula is C18H37N. The zero-order valence-corrected chi connectivity index (χ0v) is 13.6. The van der Waals surface area contributed by atoms with Crippen LogP contribution in [0.5, 0.6) is 0 Å². The summed E-state index contributed by atoms with van der Waals surface area (Å²) in [4.78, 5) is 2.72. The lowest BCUT2D eigenvalue weighted by Gasteiger charge is -2.32. The molecule has 19 heavy (non-hydrogen) atoms. The fourth-order valence-electron chi connectivity index (χ4n) is 3.33. The first kappa shape index (κ1) is 17.0. The van der Waals surface area contributed by atoms with E-state index in [1.54, 1.807) is 0 Å². The number of unbranched alkanes of at least 4 members (excludes halogenated alkanes) is 8. The normalized spacial score (nSPS) is 20.8. The maximum atomic E-state index is 2.72. The number of piperidine rings is 1. The van der Waals surface area contributed by atoms with Crippen LogP contribution >= 0.6 is 0 Å². The van der Waals surface area contributed by atoms with Crippen LogP contribution in [-0.2, 0) is 0 Å².